The summed E-state index contributed by atoms with van der Waals surface area (Å²) < 4.78 is 96.8. The van der Waals surface area contributed by atoms with Gasteiger partial charge < -0.3 is 4.74 Å². The number of halogens is 7. The van der Waals surface area contributed by atoms with E-state index in [0.717, 1.165) is 31.2 Å². The normalized spacial score (nSPS) is 23.2. The monoisotopic (exact) mass is 442 g/mol. The highest BCUT2D eigenvalue weighted by atomic mass is 32.5. The Hall–Kier alpha value is -1.90. The van der Waals surface area contributed by atoms with E-state index >= 15 is 0 Å². The predicted octanol–water partition coefficient (Wildman–Crippen LogP) is 8.77. The van der Waals surface area contributed by atoms with Crippen molar-refractivity contribution in [3.05, 3.63) is 59.7 Å². The zero-order valence-electron chi connectivity index (χ0n) is 15.6. The molecule has 0 unspecified atom stereocenters. The standard InChI is InChI=1S/C20H21F7OS/c1-14-2-4-15(5-3-14)16-6-8-17(9-7-16)20(21,22)28-18-10-12-19(13-11-18)29(23,24,25,26)27/h6-15H,2-5H2,1H3. The fourth-order valence-corrected chi connectivity index (χ4v) is 4.16. The first-order valence-corrected chi connectivity index (χ1v) is 11.1. The van der Waals surface area contributed by atoms with Gasteiger partial charge in [-0.15, -0.1) is 0 Å². The van der Waals surface area contributed by atoms with Crippen LogP contribution in [0.25, 0.3) is 0 Å². The minimum absolute atomic E-state index is 0.0418. The molecule has 1 fully saturated rings. The van der Waals surface area contributed by atoms with Gasteiger partial charge in [-0.2, -0.15) is 8.78 Å². The average molecular weight is 442 g/mol. The molecule has 0 heterocycles. The smallest absolute Gasteiger partial charge is 0.426 e. The molecule has 9 heteroatoms. The van der Waals surface area contributed by atoms with E-state index in [2.05, 4.69) is 11.7 Å². The molecule has 0 spiro atoms. The fourth-order valence-electron chi connectivity index (χ4n) is 3.51. The molecule has 0 saturated heterocycles. The molecule has 1 nitrogen and oxygen atoms in total. The Morgan fingerprint density at radius 1 is 0.793 bits per heavy atom. The van der Waals surface area contributed by atoms with Crippen LogP contribution in [0.2, 0.25) is 0 Å². The minimum Gasteiger partial charge on any atom is -0.429 e. The summed E-state index contributed by atoms with van der Waals surface area (Å²) in [4.78, 5) is -2.16. The Morgan fingerprint density at radius 2 is 1.31 bits per heavy atom. The van der Waals surface area contributed by atoms with Gasteiger partial charge in [-0.25, -0.2) is 0 Å². The quantitative estimate of drug-likeness (QED) is 0.421. The fraction of sp³-hybridized carbons (Fsp3) is 0.400. The largest absolute Gasteiger partial charge is 0.429 e. The summed E-state index contributed by atoms with van der Waals surface area (Å²) in [6.45, 7) is 2.18. The zero-order chi connectivity index (χ0) is 21.6. The number of hydrogen-bond donors (Lipinski definition) is 0. The van der Waals surface area contributed by atoms with E-state index in [0.29, 0.717) is 24.0 Å². The van der Waals surface area contributed by atoms with Gasteiger partial charge in [0.1, 0.15) is 10.6 Å². The van der Waals surface area contributed by atoms with E-state index in [1.165, 1.54) is 12.1 Å². The molecular weight excluding hydrogens is 421 g/mol. The van der Waals surface area contributed by atoms with Crippen LogP contribution in [0.4, 0.5) is 28.2 Å². The molecule has 2 aromatic rings. The van der Waals surface area contributed by atoms with E-state index in [4.69, 9.17) is 0 Å². The Balaban J connectivity index is 1.72. The zero-order valence-corrected chi connectivity index (χ0v) is 16.4. The first-order chi connectivity index (χ1) is 13.1. The van der Waals surface area contributed by atoms with Crippen LogP contribution in [0, 0.1) is 5.92 Å². The molecule has 1 aliphatic rings. The molecule has 0 amide bonds. The number of rotatable bonds is 5. The van der Waals surface area contributed by atoms with E-state index in [9.17, 15) is 28.2 Å². The van der Waals surface area contributed by atoms with Gasteiger partial charge in [-0.1, -0.05) is 51.3 Å². The summed E-state index contributed by atoms with van der Waals surface area (Å²) in [6, 6.07) is 6.64. The van der Waals surface area contributed by atoms with Crippen LogP contribution in [-0.4, -0.2) is 0 Å². The Labute approximate surface area is 164 Å². The Morgan fingerprint density at radius 3 is 1.79 bits per heavy atom. The van der Waals surface area contributed by atoms with Crippen molar-refractivity contribution in [2.24, 2.45) is 5.92 Å². The highest BCUT2D eigenvalue weighted by Crippen LogP contribution is 3.02. The third-order valence-corrected chi connectivity index (χ3v) is 6.41. The molecule has 3 rings (SSSR count). The van der Waals surface area contributed by atoms with Crippen LogP contribution in [0.15, 0.2) is 53.4 Å². The molecule has 0 N–H and O–H groups in total. The number of hydrogen-bond acceptors (Lipinski definition) is 1. The molecule has 1 aliphatic carbocycles. The maximum atomic E-state index is 14.4. The maximum Gasteiger partial charge on any atom is 0.426 e. The lowest BCUT2D eigenvalue weighted by Gasteiger charge is -2.40. The first kappa shape index (κ1) is 21.8. The SMILES string of the molecule is CC1CCC(c2ccc(C(F)(F)Oc3ccc(S(F)(F)(F)(F)F)cc3)cc2)CC1. The second kappa shape index (κ2) is 6.55. The van der Waals surface area contributed by atoms with E-state index < -0.39 is 32.5 Å². The van der Waals surface area contributed by atoms with Gasteiger partial charge in [0.2, 0.25) is 0 Å². The van der Waals surface area contributed by atoms with Gasteiger partial charge in [0, 0.05) is 0 Å². The summed E-state index contributed by atoms with van der Waals surface area (Å²) in [5, 5.41) is 0. The summed E-state index contributed by atoms with van der Waals surface area (Å²) in [5.41, 5.74) is 0.485. The van der Waals surface area contributed by atoms with Gasteiger partial charge in [-0.05, 0) is 66.6 Å². The molecule has 0 atom stereocenters. The van der Waals surface area contributed by atoms with Crippen LogP contribution < -0.4 is 4.74 Å². The van der Waals surface area contributed by atoms with Crippen LogP contribution >= 0.6 is 10.2 Å². The van der Waals surface area contributed by atoms with Crippen molar-refractivity contribution in [2.45, 2.75) is 49.5 Å². The van der Waals surface area contributed by atoms with Crippen LogP contribution in [-0.2, 0) is 6.11 Å². The van der Waals surface area contributed by atoms with Crippen LogP contribution in [0.5, 0.6) is 5.75 Å². The van der Waals surface area contributed by atoms with E-state index in [-0.39, 0.29) is 12.1 Å². The minimum atomic E-state index is -9.86. The second-order valence-corrected chi connectivity index (χ2v) is 10.0. The third kappa shape index (κ3) is 5.38. The maximum absolute atomic E-state index is 14.4. The molecule has 0 aromatic heterocycles. The van der Waals surface area contributed by atoms with Crippen molar-refractivity contribution in [3.8, 4) is 5.75 Å². The summed E-state index contributed by atoms with van der Waals surface area (Å²) >= 11 is 0. The number of ether oxygens (including phenoxy) is 1. The third-order valence-electron chi connectivity index (χ3n) is 5.25. The summed E-state index contributed by atoms with van der Waals surface area (Å²) in [7, 11) is -9.86. The molecule has 162 valence electrons. The lowest BCUT2D eigenvalue weighted by atomic mass is 9.79. The molecule has 0 aliphatic heterocycles. The van der Waals surface area contributed by atoms with Gasteiger partial charge >= 0.3 is 16.3 Å². The molecule has 2 aromatic carbocycles. The lowest BCUT2D eigenvalue weighted by molar-refractivity contribution is -0.185. The van der Waals surface area contributed by atoms with E-state index in [1.54, 1.807) is 12.1 Å². The topological polar surface area (TPSA) is 9.23 Å². The van der Waals surface area contributed by atoms with Gasteiger partial charge in [0.15, 0.2) is 0 Å². The van der Waals surface area contributed by atoms with Crippen molar-refractivity contribution in [1.82, 2.24) is 0 Å². The lowest BCUT2D eigenvalue weighted by Crippen LogP contribution is -2.22. The summed E-state index contributed by atoms with van der Waals surface area (Å²) in [6.07, 6.45) is 0.328. The first-order valence-electron chi connectivity index (χ1n) is 9.15. The number of alkyl halides is 2. The highest BCUT2D eigenvalue weighted by Gasteiger charge is 2.65. The Bertz CT molecular complexity index is 853. The molecule has 1 saturated carbocycles. The molecular formula is C20H21F7OS. The van der Waals surface area contributed by atoms with Crippen LogP contribution in [0.3, 0.4) is 0 Å². The highest BCUT2D eigenvalue weighted by molar-refractivity contribution is 8.45. The van der Waals surface area contributed by atoms with Crippen molar-refractivity contribution in [3.63, 3.8) is 0 Å². The van der Waals surface area contributed by atoms with Crippen molar-refractivity contribution in [1.29, 1.82) is 0 Å². The molecule has 0 radical (unpaired) electrons. The van der Waals surface area contributed by atoms with Crippen molar-refractivity contribution in [2.75, 3.05) is 0 Å². The van der Waals surface area contributed by atoms with E-state index in [1.807, 2.05) is 0 Å². The Kier molecular flexibility index (Phi) is 4.92. The van der Waals surface area contributed by atoms with Crippen molar-refractivity contribution >= 4 is 10.2 Å². The van der Waals surface area contributed by atoms with Gasteiger partial charge in [-0.3, -0.25) is 0 Å². The predicted molar refractivity (Wildman–Crippen MR) is 99.2 cm³/mol. The van der Waals surface area contributed by atoms with Crippen molar-refractivity contribution < 1.29 is 32.9 Å². The molecule has 29 heavy (non-hydrogen) atoms. The van der Waals surface area contributed by atoms with Gasteiger partial charge in [0.05, 0.1) is 5.56 Å². The van der Waals surface area contributed by atoms with Gasteiger partial charge in [0.25, 0.3) is 0 Å². The molecule has 0 bridgehead atoms. The number of benzene rings is 2. The second-order valence-electron chi connectivity index (χ2n) is 7.64. The summed E-state index contributed by atoms with van der Waals surface area (Å²) in [5.74, 6) is 0.328. The van der Waals surface area contributed by atoms with Crippen LogP contribution in [0.1, 0.15) is 49.7 Å². The average Bonchev–Trinajstić information content (AvgIpc) is 2.61.